The van der Waals surface area contributed by atoms with Crippen molar-refractivity contribution in [2.75, 3.05) is 18.4 Å². The van der Waals surface area contributed by atoms with Crippen molar-refractivity contribution < 1.29 is 14.4 Å². The van der Waals surface area contributed by atoms with Gasteiger partial charge in [-0.05, 0) is 41.8 Å². The second-order valence-corrected chi connectivity index (χ2v) is 6.81. The summed E-state index contributed by atoms with van der Waals surface area (Å²) in [5.74, 6) is -0.259. The smallest absolute Gasteiger partial charge is 0.267 e. The summed E-state index contributed by atoms with van der Waals surface area (Å²) >= 11 is 6.28. The fourth-order valence-electron chi connectivity index (χ4n) is 2.99. The zero-order valence-corrected chi connectivity index (χ0v) is 15.3. The Balaban J connectivity index is 1.55. The van der Waals surface area contributed by atoms with Crippen molar-refractivity contribution in [2.24, 2.45) is 0 Å². The van der Waals surface area contributed by atoms with Gasteiger partial charge in [-0.15, -0.1) is 0 Å². The minimum atomic E-state index is -0.625. The van der Waals surface area contributed by atoms with Gasteiger partial charge in [0.05, 0.1) is 5.02 Å². The molecular formula is C19H20ClFN4O2. The number of likely N-dealkylation sites (tertiary alicyclic amines) is 1. The van der Waals surface area contributed by atoms with Gasteiger partial charge in [0.2, 0.25) is 0 Å². The predicted molar refractivity (Wildman–Crippen MR) is 102 cm³/mol. The lowest BCUT2D eigenvalue weighted by molar-refractivity contribution is -0.124. The predicted octanol–water partition coefficient (Wildman–Crippen LogP) is 3.08. The van der Waals surface area contributed by atoms with Gasteiger partial charge in [0.25, 0.3) is 5.91 Å². The molecule has 1 aliphatic heterocycles. The van der Waals surface area contributed by atoms with E-state index in [9.17, 15) is 9.18 Å². The minimum absolute atomic E-state index is 0.219. The number of carbonyl (C=O) groups is 1. The van der Waals surface area contributed by atoms with E-state index in [1.165, 1.54) is 29.8 Å². The van der Waals surface area contributed by atoms with Crippen LogP contribution >= 0.6 is 11.6 Å². The molecule has 2 heterocycles. The van der Waals surface area contributed by atoms with Crippen molar-refractivity contribution >= 4 is 29.4 Å². The van der Waals surface area contributed by atoms with E-state index in [1.54, 1.807) is 24.4 Å². The number of benzene rings is 1. The summed E-state index contributed by atoms with van der Waals surface area (Å²) in [5.41, 5.74) is 3.25. The van der Waals surface area contributed by atoms with Gasteiger partial charge >= 0.3 is 0 Å². The molecule has 1 aromatic heterocycles. The van der Waals surface area contributed by atoms with Crippen LogP contribution < -0.4 is 10.8 Å². The molecule has 1 fully saturated rings. The summed E-state index contributed by atoms with van der Waals surface area (Å²) in [4.78, 5) is 17.6. The average Bonchev–Trinajstić information content (AvgIpc) is 3.10. The van der Waals surface area contributed by atoms with Gasteiger partial charge in [0.1, 0.15) is 11.6 Å². The summed E-state index contributed by atoms with van der Waals surface area (Å²) in [6, 6.07) is 8.48. The third-order valence-corrected chi connectivity index (χ3v) is 4.62. The first kappa shape index (κ1) is 19.3. The standard InChI is InChI=1S/C19H20ClFN4O2/c20-17-9-14(3-6-18(26)24-27)10-22-19(17)23-16-7-8-25(12-16)11-13-1-4-15(21)5-2-13/h1-6,9-10,16,27H,7-8,11-12H2,(H,22,23)(H,24,26)/b6-3+/t16-/m1/s1. The van der Waals surface area contributed by atoms with E-state index >= 15 is 0 Å². The molecule has 0 bridgehead atoms. The molecule has 0 aliphatic carbocycles. The monoisotopic (exact) mass is 390 g/mol. The molecule has 27 heavy (non-hydrogen) atoms. The van der Waals surface area contributed by atoms with Crippen LogP contribution in [0.25, 0.3) is 6.08 Å². The highest BCUT2D eigenvalue weighted by atomic mass is 35.5. The molecule has 2 aromatic rings. The van der Waals surface area contributed by atoms with Gasteiger partial charge in [-0.1, -0.05) is 23.7 Å². The third-order valence-electron chi connectivity index (χ3n) is 4.33. The molecule has 1 atom stereocenters. The van der Waals surface area contributed by atoms with Crippen LogP contribution in [0.4, 0.5) is 10.2 Å². The number of hydrogen-bond donors (Lipinski definition) is 3. The first-order valence-corrected chi connectivity index (χ1v) is 8.92. The largest absolute Gasteiger partial charge is 0.365 e. The van der Waals surface area contributed by atoms with Crippen LogP contribution in [0.15, 0.2) is 42.6 Å². The molecule has 0 radical (unpaired) electrons. The van der Waals surface area contributed by atoms with E-state index in [2.05, 4.69) is 15.2 Å². The number of aromatic nitrogens is 1. The number of rotatable bonds is 6. The number of amides is 1. The summed E-state index contributed by atoms with van der Waals surface area (Å²) in [5, 5.41) is 12.3. The highest BCUT2D eigenvalue weighted by Crippen LogP contribution is 2.24. The Morgan fingerprint density at radius 3 is 2.89 bits per heavy atom. The van der Waals surface area contributed by atoms with Gasteiger partial charge < -0.3 is 5.32 Å². The number of pyridine rings is 1. The van der Waals surface area contributed by atoms with Gasteiger partial charge in [0, 0.05) is 37.9 Å². The molecule has 1 aliphatic rings. The fraction of sp³-hybridized carbons (Fsp3) is 0.263. The summed E-state index contributed by atoms with van der Waals surface area (Å²) in [6.07, 6.45) is 5.25. The average molecular weight is 391 g/mol. The first-order valence-electron chi connectivity index (χ1n) is 8.54. The molecule has 3 N–H and O–H groups in total. The van der Waals surface area contributed by atoms with E-state index in [0.717, 1.165) is 31.6 Å². The SMILES string of the molecule is O=C(/C=C/c1cnc(N[C@@H]2CCN(Cc3ccc(F)cc3)C2)c(Cl)c1)NO. The quantitative estimate of drug-likeness (QED) is 0.401. The van der Waals surface area contributed by atoms with Crippen LogP contribution in [-0.4, -0.2) is 40.1 Å². The zero-order chi connectivity index (χ0) is 19.2. The van der Waals surface area contributed by atoms with Crippen LogP contribution in [0.1, 0.15) is 17.5 Å². The minimum Gasteiger partial charge on any atom is -0.365 e. The molecule has 0 saturated carbocycles. The normalized spacial score (nSPS) is 17.4. The van der Waals surface area contributed by atoms with E-state index < -0.39 is 5.91 Å². The van der Waals surface area contributed by atoms with Gasteiger partial charge in [0.15, 0.2) is 0 Å². The fourth-order valence-corrected chi connectivity index (χ4v) is 3.22. The van der Waals surface area contributed by atoms with Gasteiger partial charge in [-0.3, -0.25) is 14.9 Å². The van der Waals surface area contributed by atoms with Crippen LogP contribution in [0.3, 0.4) is 0 Å². The maximum absolute atomic E-state index is 13.0. The maximum Gasteiger partial charge on any atom is 0.267 e. The molecule has 142 valence electrons. The maximum atomic E-state index is 13.0. The second kappa shape index (κ2) is 8.94. The van der Waals surface area contributed by atoms with Gasteiger partial charge in [-0.25, -0.2) is 14.9 Å². The molecule has 8 heteroatoms. The number of carbonyl (C=O) groups excluding carboxylic acids is 1. The van der Waals surface area contributed by atoms with Crippen molar-refractivity contribution in [3.05, 3.63) is 64.6 Å². The van der Waals surface area contributed by atoms with Crippen molar-refractivity contribution in [3.63, 3.8) is 0 Å². The Hall–Kier alpha value is -2.48. The third kappa shape index (κ3) is 5.50. The van der Waals surface area contributed by atoms with Crippen molar-refractivity contribution in [2.45, 2.75) is 19.0 Å². The number of hydrogen-bond acceptors (Lipinski definition) is 5. The molecule has 0 spiro atoms. The van der Waals surface area contributed by atoms with E-state index in [0.29, 0.717) is 16.4 Å². The molecule has 6 nitrogen and oxygen atoms in total. The number of nitrogens with zero attached hydrogens (tertiary/aromatic N) is 2. The molecule has 1 amide bonds. The second-order valence-electron chi connectivity index (χ2n) is 6.40. The first-order chi connectivity index (χ1) is 13.0. The Labute approximate surface area is 161 Å². The van der Waals surface area contributed by atoms with Crippen molar-refractivity contribution in [1.29, 1.82) is 0 Å². The van der Waals surface area contributed by atoms with E-state index in [4.69, 9.17) is 16.8 Å². The summed E-state index contributed by atoms with van der Waals surface area (Å²) in [7, 11) is 0. The van der Waals surface area contributed by atoms with E-state index in [-0.39, 0.29) is 11.9 Å². The molecular weight excluding hydrogens is 371 g/mol. The van der Waals surface area contributed by atoms with Crippen LogP contribution in [0.2, 0.25) is 5.02 Å². The lowest BCUT2D eigenvalue weighted by Gasteiger charge is -2.17. The summed E-state index contributed by atoms with van der Waals surface area (Å²) < 4.78 is 13.0. The number of nitrogens with one attached hydrogen (secondary N) is 2. The lowest BCUT2D eigenvalue weighted by atomic mass is 10.2. The van der Waals surface area contributed by atoms with Crippen molar-refractivity contribution in [3.8, 4) is 0 Å². The van der Waals surface area contributed by atoms with E-state index in [1.807, 2.05) is 0 Å². The molecule has 1 saturated heterocycles. The zero-order valence-electron chi connectivity index (χ0n) is 14.5. The van der Waals surface area contributed by atoms with Crippen LogP contribution in [0, 0.1) is 5.82 Å². The number of halogens is 2. The van der Waals surface area contributed by atoms with Gasteiger partial charge in [-0.2, -0.15) is 0 Å². The molecule has 1 aromatic carbocycles. The Bertz CT molecular complexity index is 829. The number of hydroxylamine groups is 1. The Morgan fingerprint density at radius 1 is 1.41 bits per heavy atom. The Morgan fingerprint density at radius 2 is 2.19 bits per heavy atom. The van der Waals surface area contributed by atoms with Crippen molar-refractivity contribution in [1.82, 2.24) is 15.4 Å². The molecule has 0 unspecified atom stereocenters. The summed E-state index contributed by atoms with van der Waals surface area (Å²) in [6.45, 7) is 2.55. The lowest BCUT2D eigenvalue weighted by Crippen LogP contribution is -2.26. The highest BCUT2D eigenvalue weighted by Gasteiger charge is 2.23. The topological polar surface area (TPSA) is 77.5 Å². The van der Waals surface area contributed by atoms with Crippen LogP contribution in [-0.2, 0) is 11.3 Å². The highest BCUT2D eigenvalue weighted by molar-refractivity contribution is 6.33. The Kier molecular flexibility index (Phi) is 6.39. The molecule has 3 rings (SSSR count). The number of anilines is 1. The van der Waals surface area contributed by atoms with Crippen LogP contribution in [0.5, 0.6) is 0 Å².